The SMILES string of the molecule is CCCCOC(=O)N1CCN(c2ccc(C(=O)OC)nc2F)CC1. The molecule has 0 aliphatic carbocycles. The van der Waals surface area contributed by atoms with Gasteiger partial charge in [-0.1, -0.05) is 13.3 Å². The highest BCUT2D eigenvalue weighted by Crippen LogP contribution is 2.20. The number of hydrogen-bond donors (Lipinski definition) is 0. The van der Waals surface area contributed by atoms with Gasteiger partial charge in [-0.15, -0.1) is 0 Å². The van der Waals surface area contributed by atoms with Crippen molar-refractivity contribution in [1.29, 1.82) is 0 Å². The van der Waals surface area contributed by atoms with E-state index < -0.39 is 11.9 Å². The minimum absolute atomic E-state index is 0.0723. The fraction of sp³-hybridized carbons (Fsp3) is 0.562. The Hall–Kier alpha value is -2.38. The number of piperazine rings is 1. The molecule has 0 radical (unpaired) electrons. The van der Waals surface area contributed by atoms with Gasteiger partial charge in [0.1, 0.15) is 0 Å². The molecule has 1 aromatic heterocycles. The van der Waals surface area contributed by atoms with Crippen LogP contribution in [-0.4, -0.2) is 61.8 Å². The summed E-state index contributed by atoms with van der Waals surface area (Å²) in [5, 5.41) is 0. The number of rotatable bonds is 5. The Labute approximate surface area is 140 Å². The van der Waals surface area contributed by atoms with Gasteiger partial charge in [0.2, 0.25) is 5.95 Å². The predicted molar refractivity (Wildman–Crippen MR) is 85.6 cm³/mol. The molecule has 0 saturated carbocycles. The number of pyridine rings is 1. The molecule has 0 aromatic carbocycles. The van der Waals surface area contributed by atoms with Gasteiger partial charge < -0.3 is 19.3 Å². The minimum Gasteiger partial charge on any atom is -0.464 e. The van der Waals surface area contributed by atoms with E-state index in [-0.39, 0.29) is 11.8 Å². The Morgan fingerprint density at radius 2 is 1.96 bits per heavy atom. The first-order valence-corrected chi connectivity index (χ1v) is 7.98. The van der Waals surface area contributed by atoms with Crippen LogP contribution < -0.4 is 4.90 Å². The standard InChI is InChI=1S/C16H22FN3O4/c1-3-4-11-24-16(22)20-9-7-19(8-10-20)13-6-5-12(15(21)23-2)18-14(13)17/h5-6H,3-4,7-11H2,1-2H3. The van der Waals surface area contributed by atoms with Crippen LogP contribution >= 0.6 is 0 Å². The first-order valence-electron chi connectivity index (χ1n) is 7.98. The second kappa shape index (κ2) is 8.47. The molecule has 132 valence electrons. The van der Waals surface area contributed by atoms with Crippen molar-refractivity contribution in [2.75, 3.05) is 44.8 Å². The third-order valence-electron chi connectivity index (χ3n) is 3.83. The Balaban J connectivity index is 1.92. The van der Waals surface area contributed by atoms with Crippen LogP contribution in [0.15, 0.2) is 12.1 Å². The van der Waals surface area contributed by atoms with Crippen LogP contribution in [0.3, 0.4) is 0 Å². The number of esters is 1. The van der Waals surface area contributed by atoms with Crippen LogP contribution in [-0.2, 0) is 9.47 Å². The molecule has 1 fully saturated rings. The molecule has 1 aromatic rings. The summed E-state index contributed by atoms with van der Waals surface area (Å²) in [5.41, 5.74) is 0.235. The van der Waals surface area contributed by atoms with Crippen molar-refractivity contribution in [2.24, 2.45) is 0 Å². The van der Waals surface area contributed by atoms with Gasteiger partial charge in [0, 0.05) is 26.2 Å². The fourth-order valence-electron chi connectivity index (χ4n) is 2.41. The number of halogens is 1. The Kier molecular flexibility index (Phi) is 6.34. The maximum absolute atomic E-state index is 14.1. The molecule has 2 rings (SSSR count). The lowest BCUT2D eigenvalue weighted by atomic mass is 10.2. The average Bonchev–Trinajstić information content (AvgIpc) is 2.61. The highest BCUT2D eigenvalue weighted by atomic mass is 19.1. The number of ether oxygens (including phenoxy) is 2. The molecule has 0 spiro atoms. The Morgan fingerprint density at radius 1 is 1.25 bits per heavy atom. The van der Waals surface area contributed by atoms with Gasteiger partial charge in [-0.25, -0.2) is 14.6 Å². The molecule has 0 N–H and O–H groups in total. The van der Waals surface area contributed by atoms with E-state index in [2.05, 4.69) is 9.72 Å². The molecule has 8 heteroatoms. The molecule has 0 atom stereocenters. The highest BCUT2D eigenvalue weighted by molar-refractivity contribution is 5.87. The first kappa shape index (κ1) is 18.0. The van der Waals surface area contributed by atoms with E-state index in [1.54, 1.807) is 9.80 Å². The van der Waals surface area contributed by atoms with Crippen LogP contribution in [0, 0.1) is 5.95 Å². The quantitative estimate of drug-likeness (QED) is 0.465. The summed E-state index contributed by atoms with van der Waals surface area (Å²) in [6.07, 6.45) is 1.48. The van der Waals surface area contributed by atoms with Crippen molar-refractivity contribution >= 4 is 17.7 Å². The van der Waals surface area contributed by atoms with E-state index in [4.69, 9.17) is 4.74 Å². The third-order valence-corrected chi connectivity index (χ3v) is 3.83. The first-order chi connectivity index (χ1) is 11.6. The van der Waals surface area contributed by atoms with Crippen LogP contribution in [0.2, 0.25) is 0 Å². The number of unbranched alkanes of at least 4 members (excludes halogenated alkanes) is 1. The maximum atomic E-state index is 14.1. The highest BCUT2D eigenvalue weighted by Gasteiger charge is 2.24. The van der Waals surface area contributed by atoms with Crippen LogP contribution in [0.25, 0.3) is 0 Å². The zero-order valence-corrected chi connectivity index (χ0v) is 14.0. The maximum Gasteiger partial charge on any atom is 0.409 e. The van der Waals surface area contributed by atoms with Gasteiger partial charge >= 0.3 is 12.1 Å². The predicted octanol–water partition coefficient (Wildman–Crippen LogP) is 2.07. The lowest BCUT2D eigenvalue weighted by Gasteiger charge is -2.35. The summed E-state index contributed by atoms with van der Waals surface area (Å²) >= 11 is 0. The van der Waals surface area contributed by atoms with E-state index in [1.807, 2.05) is 6.92 Å². The second-order valence-electron chi connectivity index (χ2n) is 5.44. The summed E-state index contributed by atoms with van der Waals surface area (Å²) in [7, 11) is 1.22. The molecule has 2 heterocycles. The van der Waals surface area contributed by atoms with Crippen molar-refractivity contribution in [1.82, 2.24) is 9.88 Å². The van der Waals surface area contributed by atoms with Crippen LogP contribution in [0.4, 0.5) is 14.9 Å². The summed E-state index contributed by atoms with van der Waals surface area (Å²) < 4.78 is 23.8. The molecular formula is C16H22FN3O4. The number of aromatic nitrogens is 1. The summed E-state index contributed by atoms with van der Waals surface area (Å²) in [5.74, 6) is -1.41. The normalized spacial score (nSPS) is 14.5. The van der Waals surface area contributed by atoms with Crippen molar-refractivity contribution in [2.45, 2.75) is 19.8 Å². The van der Waals surface area contributed by atoms with E-state index in [9.17, 15) is 14.0 Å². The molecular weight excluding hydrogens is 317 g/mol. The Bertz CT molecular complexity index is 589. The van der Waals surface area contributed by atoms with Gasteiger partial charge in [0.25, 0.3) is 0 Å². The monoisotopic (exact) mass is 339 g/mol. The number of methoxy groups -OCH3 is 1. The molecule has 24 heavy (non-hydrogen) atoms. The zero-order chi connectivity index (χ0) is 17.5. The van der Waals surface area contributed by atoms with Gasteiger partial charge in [0.15, 0.2) is 5.69 Å². The molecule has 0 bridgehead atoms. The van der Waals surface area contributed by atoms with Crippen molar-refractivity contribution in [3.63, 3.8) is 0 Å². The van der Waals surface area contributed by atoms with Gasteiger partial charge in [0.05, 0.1) is 19.4 Å². The third kappa shape index (κ3) is 4.33. The van der Waals surface area contributed by atoms with Gasteiger partial charge in [-0.3, -0.25) is 0 Å². The topological polar surface area (TPSA) is 72.0 Å². The molecule has 1 saturated heterocycles. The number of carbonyl (C=O) groups excluding carboxylic acids is 2. The second-order valence-corrected chi connectivity index (χ2v) is 5.44. The van der Waals surface area contributed by atoms with Crippen LogP contribution in [0.5, 0.6) is 0 Å². The molecule has 1 amide bonds. The number of anilines is 1. The smallest absolute Gasteiger partial charge is 0.409 e. The lowest BCUT2D eigenvalue weighted by Crippen LogP contribution is -2.49. The van der Waals surface area contributed by atoms with E-state index in [0.29, 0.717) is 38.5 Å². The van der Waals surface area contributed by atoms with E-state index >= 15 is 0 Å². The Morgan fingerprint density at radius 3 is 2.54 bits per heavy atom. The van der Waals surface area contributed by atoms with Crippen molar-refractivity contribution in [3.05, 3.63) is 23.8 Å². The number of carbonyl (C=O) groups is 2. The zero-order valence-electron chi connectivity index (χ0n) is 14.0. The van der Waals surface area contributed by atoms with E-state index in [0.717, 1.165) is 12.8 Å². The average molecular weight is 339 g/mol. The lowest BCUT2D eigenvalue weighted by molar-refractivity contribution is 0.0592. The number of nitrogens with zero attached hydrogens (tertiary/aromatic N) is 3. The summed E-state index contributed by atoms with van der Waals surface area (Å²) in [6.45, 7) is 4.29. The minimum atomic E-state index is -0.725. The largest absolute Gasteiger partial charge is 0.464 e. The van der Waals surface area contributed by atoms with Crippen molar-refractivity contribution in [3.8, 4) is 0 Å². The van der Waals surface area contributed by atoms with Crippen molar-refractivity contribution < 1.29 is 23.5 Å². The molecule has 7 nitrogen and oxygen atoms in total. The number of hydrogen-bond acceptors (Lipinski definition) is 6. The molecule has 1 aliphatic rings. The summed E-state index contributed by atoms with van der Waals surface area (Å²) in [4.78, 5) is 30.3. The molecule has 0 unspecified atom stereocenters. The number of amides is 1. The van der Waals surface area contributed by atoms with E-state index in [1.165, 1.54) is 19.2 Å². The fourth-order valence-corrected chi connectivity index (χ4v) is 2.41. The van der Waals surface area contributed by atoms with Crippen LogP contribution in [0.1, 0.15) is 30.3 Å². The van der Waals surface area contributed by atoms with Gasteiger partial charge in [-0.05, 0) is 18.6 Å². The van der Waals surface area contributed by atoms with Gasteiger partial charge in [-0.2, -0.15) is 4.39 Å². The summed E-state index contributed by atoms with van der Waals surface area (Å²) in [6, 6.07) is 2.93. The molecule has 1 aliphatic heterocycles.